The van der Waals surface area contributed by atoms with E-state index in [2.05, 4.69) is 33.4 Å². The van der Waals surface area contributed by atoms with Crippen molar-refractivity contribution >= 4 is 15.9 Å². The van der Waals surface area contributed by atoms with Crippen LogP contribution in [-0.2, 0) is 13.6 Å². The van der Waals surface area contributed by atoms with Gasteiger partial charge in [0.25, 0.3) is 0 Å². The molecule has 1 aliphatic rings. The second-order valence-electron chi connectivity index (χ2n) is 4.28. The fourth-order valence-corrected chi connectivity index (χ4v) is 3.29. The average molecular weight is 272 g/mol. The third kappa shape index (κ3) is 2.11. The van der Waals surface area contributed by atoms with Gasteiger partial charge in [0.15, 0.2) is 0 Å². The van der Waals surface area contributed by atoms with Crippen LogP contribution in [0.2, 0.25) is 0 Å². The van der Waals surface area contributed by atoms with Crippen molar-refractivity contribution in [3.05, 3.63) is 15.9 Å². The van der Waals surface area contributed by atoms with E-state index < -0.39 is 0 Å². The lowest BCUT2D eigenvalue weighted by molar-refractivity contribution is 0.610. The number of aromatic nitrogens is 2. The third-order valence-corrected chi connectivity index (χ3v) is 4.05. The number of aryl methyl sites for hydroxylation is 1. The molecule has 0 bridgehead atoms. The molecular weight excluding hydrogens is 254 g/mol. The summed E-state index contributed by atoms with van der Waals surface area (Å²) in [6, 6.07) is 0. The van der Waals surface area contributed by atoms with Crippen molar-refractivity contribution in [2.45, 2.75) is 38.1 Å². The molecule has 0 radical (unpaired) electrons. The molecule has 0 spiro atoms. The summed E-state index contributed by atoms with van der Waals surface area (Å²) in [5, 5.41) is 7.70. The summed E-state index contributed by atoms with van der Waals surface area (Å²) in [5.41, 5.74) is 2.51. The molecule has 0 atom stereocenters. The molecule has 0 unspecified atom stereocenters. The van der Waals surface area contributed by atoms with Crippen LogP contribution < -0.4 is 5.32 Å². The first kappa shape index (κ1) is 11.1. The van der Waals surface area contributed by atoms with Crippen LogP contribution >= 0.6 is 15.9 Å². The van der Waals surface area contributed by atoms with Crippen molar-refractivity contribution in [1.29, 1.82) is 0 Å². The summed E-state index contributed by atoms with van der Waals surface area (Å²) < 4.78 is 3.26. The second kappa shape index (κ2) is 4.66. The Labute approximate surface area is 99.4 Å². The molecule has 1 fully saturated rings. The standard InChI is InChI=1S/C11H18BrN3/c1-13-7-9-10(12)11(15(2)14-9)8-5-3-4-6-8/h8,13H,3-7H2,1-2H3. The summed E-state index contributed by atoms with van der Waals surface area (Å²) in [7, 11) is 4.01. The van der Waals surface area contributed by atoms with Gasteiger partial charge in [0.1, 0.15) is 0 Å². The Hall–Kier alpha value is -0.350. The van der Waals surface area contributed by atoms with E-state index >= 15 is 0 Å². The Morgan fingerprint density at radius 3 is 2.73 bits per heavy atom. The van der Waals surface area contributed by atoms with Crippen molar-refractivity contribution in [2.75, 3.05) is 7.05 Å². The van der Waals surface area contributed by atoms with Crippen molar-refractivity contribution in [1.82, 2.24) is 15.1 Å². The van der Waals surface area contributed by atoms with Crippen LogP contribution in [0.1, 0.15) is 43.0 Å². The zero-order valence-corrected chi connectivity index (χ0v) is 11.0. The van der Waals surface area contributed by atoms with Gasteiger partial charge in [-0.3, -0.25) is 4.68 Å². The van der Waals surface area contributed by atoms with Crippen LogP contribution in [-0.4, -0.2) is 16.8 Å². The van der Waals surface area contributed by atoms with Gasteiger partial charge in [0.05, 0.1) is 15.9 Å². The lowest BCUT2D eigenvalue weighted by atomic mass is 10.0. The SMILES string of the molecule is CNCc1nn(C)c(C2CCCC2)c1Br. The lowest BCUT2D eigenvalue weighted by Crippen LogP contribution is -2.06. The number of hydrogen-bond donors (Lipinski definition) is 1. The number of nitrogens with one attached hydrogen (secondary N) is 1. The Bertz CT molecular complexity index is 340. The minimum absolute atomic E-state index is 0.711. The molecule has 1 N–H and O–H groups in total. The van der Waals surface area contributed by atoms with E-state index in [1.165, 1.54) is 35.8 Å². The van der Waals surface area contributed by atoms with E-state index in [1.54, 1.807) is 0 Å². The number of halogens is 1. The van der Waals surface area contributed by atoms with Crippen LogP contribution in [0.15, 0.2) is 4.47 Å². The molecule has 0 amide bonds. The molecule has 2 rings (SSSR count). The molecular formula is C11H18BrN3. The van der Waals surface area contributed by atoms with Gasteiger partial charge in [-0.1, -0.05) is 12.8 Å². The zero-order chi connectivity index (χ0) is 10.8. The zero-order valence-electron chi connectivity index (χ0n) is 9.39. The van der Waals surface area contributed by atoms with Gasteiger partial charge in [-0.2, -0.15) is 5.10 Å². The predicted molar refractivity (Wildman–Crippen MR) is 64.9 cm³/mol. The Balaban J connectivity index is 2.29. The molecule has 1 aromatic rings. The van der Waals surface area contributed by atoms with Gasteiger partial charge in [0, 0.05) is 19.5 Å². The summed E-state index contributed by atoms with van der Waals surface area (Å²) in [5.74, 6) is 0.711. The quantitative estimate of drug-likeness (QED) is 0.916. The minimum atomic E-state index is 0.711. The summed E-state index contributed by atoms with van der Waals surface area (Å²) in [6.07, 6.45) is 5.36. The molecule has 1 heterocycles. The Morgan fingerprint density at radius 1 is 1.47 bits per heavy atom. The van der Waals surface area contributed by atoms with Crippen molar-refractivity contribution < 1.29 is 0 Å². The van der Waals surface area contributed by atoms with Crippen LogP contribution in [0, 0.1) is 0 Å². The Morgan fingerprint density at radius 2 is 2.13 bits per heavy atom. The first-order chi connectivity index (χ1) is 7.24. The van der Waals surface area contributed by atoms with Crippen LogP contribution in [0.25, 0.3) is 0 Å². The molecule has 0 aliphatic heterocycles. The summed E-state index contributed by atoms with van der Waals surface area (Å²) >= 11 is 3.69. The molecule has 1 aromatic heterocycles. The normalized spacial score (nSPS) is 17.5. The average Bonchev–Trinajstić information content (AvgIpc) is 2.77. The van der Waals surface area contributed by atoms with E-state index in [9.17, 15) is 0 Å². The number of nitrogens with zero attached hydrogens (tertiary/aromatic N) is 2. The van der Waals surface area contributed by atoms with E-state index in [-0.39, 0.29) is 0 Å². The van der Waals surface area contributed by atoms with Crippen LogP contribution in [0.5, 0.6) is 0 Å². The largest absolute Gasteiger partial charge is 0.314 e. The highest BCUT2D eigenvalue weighted by molar-refractivity contribution is 9.10. The first-order valence-corrected chi connectivity index (χ1v) is 6.39. The molecule has 0 saturated heterocycles. The van der Waals surface area contributed by atoms with Gasteiger partial charge in [-0.15, -0.1) is 0 Å². The second-order valence-corrected chi connectivity index (χ2v) is 5.07. The molecule has 84 valence electrons. The Kier molecular flexibility index (Phi) is 3.46. The summed E-state index contributed by atoms with van der Waals surface area (Å²) in [4.78, 5) is 0. The highest BCUT2D eigenvalue weighted by Gasteiger charge is 2.24. The van der Waals surface area contributed by atoms with Crippen molar-refractivity contribution in [3.8, 4) is 0 Å². The maximum absolute atomic E-state index is 4.55. The highest BCUT2D eigenvalue weighted by Crippen LogP contribution is 2.38. The van der Waals surface area contributed by atoms with E-state index in [0.29, 0.717) is 5.92 Å². The van der Waals surface area contributed by atoms with Crippen LogP contribution in [0.3, 0.4) is 0 Å². The van der Waals surface area contributed by atoms with Crippen molar-refractivity contribution in [2.24, 2.45) is 7.05 Å². The maximum Gasteiger partial charge on any atom is 0.0907 e. The van der Waals surface area contributed by atoms with Gasteiger partial charge >= 0.3 is 0 Å². The van der Waals surface area contributed by atoms with Gasteiger partial charge in [-0.25, -0.2) is 0 Å². The third-order valence-electron chi connectivity index (χ3n) is 3.18. The van der Waals surface area contributed by atoms with Crippen LogP contribution in [0.4, 0.5) is 0 Å². The molecule has 3 nitrogen and oxygen atoms in total. The first-order valence-electron chi connectivity index (χ1n) is 5.60. The van der Waals surface area contributed by atoms with Gasteiger partial charge < -0.3 is 5.32 Å². The highest BCUT2D eigenvalue weighted by atomic mass is 79.9. The molecule has 1 saturated carbocycles. The smallest absolute Gasteiger partial charge is 0.0907 e. The maximum atomic E-state index is 4.55. The van der Waals surface area contributed by atoms with Crippen molar-refractivity contribution in [3.63, 3.8) is 0 Å². The lowest BCUT2D eigenvalue weighted by Gasteiger charge is -2.09. The van der Waals surface area contributed by atoms with E-state index in [0.717, 1.165) is 12.2 Å². The molecule has 0 aromatic carbocycles. The number of rotatable bonds is 3. The fourth-order valence-electron chi connectivity index (χ4n) is 2.49. The molecule has 15 heavy (non-hydrogen) atoms. The number of hydrogen-bond acceptors (Lipinski definition) is 2. The predicted octanol–water partition coefficient (Wildman–Crippen LogP) is 2.56. The van der Waals surface area contributed by atoms with E-state index in [4.69, 9.17) is 0 Å². The van der Waals surface area contributed by atoms with Gasteiger partial charge in [0.2, 0.25) is 0 Å². The molecule has 1 aliphatic carbocycles. The van der Waals surface area contributed by atoms with Gasteiger partial charge in [-0.05, 0) is 35.8 Å². The van der Waals surface area contributed by atoms with E-state index in [1.807, 2.05) is 11.7 Å². The minimum Gasteiger partial charge on any atom is -0.314 e. The monoisotopic (exact) mass is 271 g/mol. The fraction of sp³-hybridized carbons (Fsp3) is 0.727. The molecule has 4 heteroatoms. The topological polar surface area (TPSA) is 29.9 Å². The summed E-state index contributed by atoms with van der Waals surface area (Å²) in [6.45, 7) is 0.834.